The average Bonchev–Trinajstić information content (AvgIpc) is 2.39. The lowest BCUT2D eigenvalue weighted by Gasteiger charge is -2.03. The number of hydrogen-bond acceptors (Lipinski definition) is 3. The van der Waals surface area contributed by atoms with E-state index in [1.807, 2.05) is 6.07 Å². The Bertz CT molecular complexity index is 606. The van der Waals surface area contributed by atoms with Crippen LogP contribution in [-0.2, 0) is 0 Å². The molecule has 18 heavy (non-hydrogen) atoms. The van der Waals surface area contributed by atoms with Crippen LogP contribution in [0.3, 0.4) is 0 Å². The fourth-order valence-corrected chi connectivity index (χ4v) is 1.63. The summed E-state index contributed by atoms with van der Waals surface area (Å²) >= 11 is 0. The molecule has 2 aromatic rings. The van der Waals surface area contributed by atoms with E-state index in [2.05, 4.69) is 0 Å². The van der Waals surface area contributed by atoms with Gasteiger partial charge in [0.25, 0.3) is 5.69 Å². The average molecular weight is 242 g/mol. The zero-order valence-electron chi connectivity index (χ0n) is 9.37. The van der Waals surface area contributed by atoms with Gasteiger partial charge < -0.3 is 5.73 Å². The Balaban J connectivity index is 2.39. The second kappa shape index (κ2) is 4.67. The van der Waals surface area contributed by atoms with Crippen molar-refractivity contribution in [1.82, 2.24) is 0 Å². The van der Waals surface area contributed by atoms with E-state index in [0.29, 0.717) is 5.56 Å². The van der Waals surface area contributed by atoms with Gasteiger partial charge in [0.15, 0.2) is 0 Å². The monoisotopic (exact) mass is 242 g/mol. The van der Waals surface area contributed by atoms with Crippen LogP contribution in [0.2, 0.25) is 0 Å². The van der Waals surface area contributed by atoms with Gasteiger partial charge in [0.2, 0.25) is 5.91 Å². The fourth-order valence-electron chi connectivity index (χ4n) is 1.63. The van der Waals surface area contributed by atoms with Crippen molar-refractivity contribution >= 4 is 11.6 Å². The van der Waals surface area contributed by atoms with Gasteiger partial charge in [-0.2, -0.15) is 0 Å². The molecule has 90 valence electrons. The molecule has 0 spiro atoms. The molecule has 5 heteroatoms. The zero-order valence-corrected chi connectivity index (χ0v) is 9.37. The molecule has 0 bridgehead atoms. The van der Waals surface area contributed by atoms with Gasteiger partial charge in [-0.05, 0) is 35.4 Å². The van der Waals surface area contributed by atoms with E-state index in [1.165, 1.54) is 12.1 Å². The molecule has 0 atom stereocenters. The van der Waals surface area contributed by atoms with Crippen LogP contribution in [0.25, 0.3) is 11.1 Å². The van der Waals surface area contributed by atoms with Crippen LogP contribution in [-0.4, -0.2) is 10.8 Å². The van der Waals surface area contributed by atoms with Gasteiger partial charge in [-0.25, -0.2) is 0 Å². The maximum atomic E-state index is 11.1. The van der Waals surface area contributed by atoms with Gasteiger partial charge in [0.1, 0.15) is 0 Å². The van der Waals surface area contributed by atoms with Crippen LogP contribution < -0.4 is 5.73 Å². The Morgan fingerprint density at radius 1 is 1.06 bits per heavy atom. The molecule has 0 unspecified atom stereocenters. The number of nitrogens with two attached hydrogens (primary N) is 1. The first-order valence-electron chi connectivity index (χ1n) is 5.22. The van der Waals surface area contributed by atoms with Crippen molar-refractivity contribution in [1.29, 1.82) is 0 Å². The topological polar surface area (TPSA) is 86.2 Å². The molecule has 0 aliphatic rings. The quantitative estimate of drug-likeness (QED) is 0.662. The number of hydrogen-bond donors (Lipinski definition) is 1. The molecule has 2 N–H and O–H groups in total. The molecule has 0 saturated carbocycles. The molecule has 1 amide bonds. The summed E-state index contributed by atoms with van der Waals surface area (Å²) in [6.07, 6.45) is 0. The molecular weight excluding hydrogens is 232 g/mol. The fraction of sp³-hybridized carbons (Fsp3) is 0. The lowest BCUT2D eigenvalue weighted by atomic mass is 10.0. The van der Waals surface area contributed by atoms with Crippen LogP contribution in [0.4, 0.5) is 5.69 Å². The van der Waals surface area contributed by atoms with Crippen molar-refractivity contribution in [3.8, 4) is 11.1 Å². The number of amides is 1. The summed E-state index contributed by atoms with van der Waals surface area (Å²) < 4.78 is 0. The van der Waals surface area contributed by atoms with Crippen LogP contribution >= 0.6 is 0 Å². The molecule has 0 aliphatic heterocycles. The Morgan fingerprint density at radius 3 is 2.28 bits per heavy atom. The Kier molecular flexibility index (Phi) is 3.05. The summed E-state index contributed by atoms with van der Waals surface area (Å²) in [6, 6.07) is 12.9. The third kappa shape index (κ3) is 2.35. The van der Waals surface area contributed by atoms with Gasteiger partial charge in [0, 0.05) is 17.7 Å². The highest BCUT2D eigenvalue weighted by Gasteiger charge is 2.06. The van der Waals surface area contributed by atoms with E-state index in [4.69, 9.17) is 5.73 Å². The Morgan fingerprint density at radius 2 is 1.72 bits per heavy atom. The summed E-state index contributed by atoms with van der Waals surface area (Å²) in [5, 5.41) is 10.5. The van der Waals surface area contributed by atoms with E-state index in [1.54, 1.807) is 30.3 Å². The molecule has 0 aromatic heterocycles. The molecule has 5 nitrogen and oxygen atoms in total. The van der Waals surface area contributed by atoms with E-state index in [9.17, 15) is 14.9 Å². The Labute approximate surface area is 103 Å². The molecule has 2 aromatic carbocycles. The standard InChI is InChI=1S/C13H10N2O3/c14-13(16)11-3-1-2-10(8-11)9-4-6-12(7-5-9)15(17)18/h1-8H,(H2,14,16). The number of carbonyl (C=O) groups is 1. The van der Waals surface area contributed by atoms with E-state index in [-0.39, 0.29) is 5.69 Å². The highest BCUT2D eigenvalue weighted by Crippen LogP contribution is 2.23. The third-order valence-electron chi connectivity index (χ3n) is 2.56. The van der Waals surface area contributed by atoms with Crippen molar-refractivity contribution in [3.05, 3.63) is 64.2 Å². The van der Waals surface area contributed by atoms with Crippen molar-refractivity contribution in [2.75, 3.05) is 0 Å². The first-order valence-corrected chi connectivity index (χ1v) is 5.22. The first-order chi connectivity index (χ1) is 8.58. The molecule has 2 rings (SSSR count). The summed E-state index contributed by atoms with van der Waals surface area (Å²) in [6.45, 7) is 0. The molecular formula is C13H10N2O3. The molecule has 0 aliphatic carbocycles. The first kappa shape index (κ1) is 11.8. The van der Waals surface area contributed by atoms with Gasteiger partial charge in [-0.3, -0.25) is 14.9 Å². The SMILES string of the molecule is NC(=O)c1cccc(-c2ccc([N+](=O)[O-])cc2)c1. The van der Waals surface area contributed by atoms with Gasteiger partial charge in [-0.15, -0.1) is 0 Å². The van der Waals surface area contributed by atoms with Gasteiger partial charge in [-0.1, -0.05) is 12.1 Å². The van der Waals surface area contributed by atoms with Crippen molar-refractivity contribution in [2.45, 2.75) is 0 Å². The summed E-state index contributed by atoms with van der Waals surface area (Å²) in [7, 11) is 0. The number of primary amides is 1. The van der Waals surface area contributed by atoms with E-state index >= 15 is 0 Å². The minimum atomic E-state index is -0.501. The summed E-state index contributed by atoms with van der Waals surface area (Å²) in [4.78, 5) is 21.1. The number of non-ortho nitro benzene ring substituents is 1. The van der Waals surface area contributed by atoms with Crippen LogP contribution in [0, 0.1) is 10.1 Å². The Hall–Kier alpha value is -2.69. The minimum absolute atomic E-state index is 0.0322. The number of benzene rings is 2. The van der Waals surface area contributed by atoms with Crippen molar-refractivity contribution < 1.29 is 9.72 Å². The lowest BCUT2D eigenvalue weighted by molar-refractivity contribution is -0.384. The summed E-state index contributed by atoms with van der Waals surface area (Å²) in [5.41, 5.74) is 7.22. The molecule has 0 saturated heterocycles. The van der Waals surface area contributed by atoms with Crippen molar-refractivity contribution in [2.24, 2.45) is 5.73 Å². The van der Waals surface area contributed by atoms with Crippen LogP contribution in [0.5, 0.6) is 0 Å². The van der Waals surface area contributed by atoms with Gasteiger partial charge >= 0.3 is 0 Å². The zero-order chi connectivity index (χ0) is 13.1. The van der Waals surface area contributed by atoms with Gasteiger partial charge in [0.05, 0.1) is 4.92 Å². The van der Waals surface area contributed by atoms with Crippen LogP contribution in [0.15, 0.2) is 48.5 Å². The molecule has 0 heterocycles. The van der Waals surface area contributed by atoms with E-state index in [0.717, 1.165) is 11.1 Å². The number of nitro benzene ring substituents is 1. The third-order valence-corrected chi connectivity index (χ3v) is 2.56. The lowest BCUT2D eigenvalue weighted by Crippen LogP contribution is -2.10. The van der Waals surface area contributed by atoms with Crippen LogP contribution in [0.1, 0.15) is 10.4 Å². The number of carbonyl (C=O) groups excluding carboxylic acids is 1. The predicted molar refractivity (Wildman–Crippen MR) is 67.1 cm³/mol. The second-order valence-electron chi connectivity index (χ2n) is 3.75. The highest BCUT2D eigenvalue weighted by atomic mass is 16.6. The summed E-state index contributed by atoms with van der Waals surface area (Å²) in [5.74, 6) is -0.501. The number of rotatable bonds is 3. The van der Waals surface area contributed by atoms with Crippen molar-refractivity contribution in [3.63, 3.8) is 0 Å². The highest BCUT2D eigenvalue weighted by molar-refractivity contribution is 5.94. The molecule has 0 radical (unpaired) electrons. The number of nitrogens with zero attached hydrogens (tertiary/aromatic N) is 1. The smallest absolute Gasteiger partial charge is 0.269 e. The normalized spacial score (nSPS) is 10.0. The predicted octanol–water partition coefficient (Wildman–Crippen LogP) is 2.36. The number of nitro groups is 1. The molecule has 0 fully saturated rings. The van der Waals surface area contributed by atoms with E-state index < -0.39 is 10.8 Å². The minimum Gasteiger partial charge on any atom is -0.366 e. The largest absolute Gasteiger partial charge is 0.366 e. The second-order valence-corrected chi connectivity index (χ2v) is 3.75. The maximum Gasteiger partial charge on any atom is 0.269 e. The maximum absolute atomic E-state index is 11.1.